The van der Waals surface area contributed by atoms with Crippen LogP contribution in [0.2, 0.25) is 0 Å². The second-order valence-corrected chi connectivity index (χ2v) is 7.04. The quantitative estimate of drug-likeness (QED) is 0.507. The van der Waals surface area contributed by atoms with Gasteiger partial charge in [-0.05, 0) is 49.3 Å². The molecule has 1 aliphatic heterocycles. The molecule has 0 N–H and O–H groups in total. The molecule has 29 heavy (non-hydrogen) atoms. The van der Waals surface area contributed by atoms with Crippen molar-refractivity contribution < 1.29 is 14.3 Å². The van der Waals surface area contributed by atoms with Crippen molar-refractivity contribution in [3.63, 3.8) is 0 Å². The van der Waals surface area contributed by atoms with Crippen LogP contribution in [0.5, 0.6) is 11.5 Å². The predicted molar refractivity (Wildman–Crippen MR) is 116 cm³/mol. The highest BCUT2D eigenvalue weighted by Gasteiger charge is 2.30. The molecule has 0 saturated carbocycles. The molecule has 0 aromatic heterocycles. The lowest BCUT2D eigenvalue weighted by Gasteiger charge is -2.10. The summed E-state index contributed by atoms with van der Waals surface area (Å²) in [5.41, 5.74) is 4.64. The van der Waals surface area contributed by atoms with E-state index in [0.717, 1.165) is 16.7 Å². The summed E-state index contributed by atoms with van der Waals surface area (Å²) in [5.74, 6) is 1.54. The largest absolute Gasteiger partial charge is 0.489 e. The van der Waals surface area contributed by atoms with Crippen LogP contribution >= 0.6 is 0 Å². The normalized spacial score (nSPS) is 14.3. The zero-order valence-corrected chi connectivity index (χ0v) is 16.5. The van der Waals surface area contributed by atoms with Gasteiger partial charge in [-0.15, -0.1) is 0 Å². The maximum absolute atomic E-state index is 12.7. The van der Waals surface area contributed by atoms with Gasteiger partial charge in [-0.25, -0.2) is 0 Å². The van der Waals surface area contributed by atoms with Crippen molar-refractivity contribution in [1.82, 2.24) is 0 Å². The van der Waals surface area contributed by atoms with Gasteiger partial charge in [0.2, 0.25) is 5.78 Å². The number of ketones is 1. The van der Waals surface area contributed by atoms with Crippen LogP contribution in [0, 0.1) is 13.8 Å². The monoisotopic (exact) mass is 382 g/mol. The van der Waals surface area contributed by atoms with E-state index in [0.29, 0.717) is 29.4 Å². The summed E-state index contributed by atoms with van der Waals surface area (Å²) in [6.45, 7) is 4.38. The maximum atomic E-state index is 12.7. The highest BCUT2D eigenvalue weighted by Crippen LogP contribution is 2.39. The number of ether oxygens (including phenoxy) is 2. The summed E-state index contributed by atoms with van der Waals surface area (Å²) in [7, 11) is 0. The Morgan fingerprint density at radius 3 is 2.41 bits per heavy atom. The number of carbonyl (C=O) groups is 1. The van der Waals surface area contributed by atoms with Gasteiger partial charge < -0.3 is 9.47 Å². The average Bonchev–Trinajstić information content (AvgIpc) is 3.05. The molecule has 3 nitrogen and oxygen atoms in total. The van der Waals surface area contributed by atoms with Crippen molar-refractivity contribution in [2.24, 2.45) is 0 Å². The molecule has 3 aromatic rings. The highest BCUT2D eigenvalue weighted by molar-refractivity contribution is 6.14. The second kappa shape index (κ2) is 8.19. The van der Waals surface area contributed by atoms with Gasteiger partial charge in [0.05, 0.1) is 5.56 Å². The summed E-state index contributed by atoms with van der Waals surface area (Å²) < 4.78 is 11.8. The molecule has 144 valence electrons. The fraction of sp³-hybridized carbons (Fsp3) is 0.115. The molecule has 0 saturated heterocycles. The summed E-state index contributed by atoms with van der Waals surface area (Å²) in [5, 5.41) is 0. The predicted octanol–water partition coefficient (Wildman–Crippen LogP) is 6.01. The third-order valence-electron chi connectivity index (χ3n) is 4.86. The number of hydrogen-bond donors (Lipinski definition) is 0. The summed E-state index contributed by atoms with van der Waals surface area (Å²) in [4.78, 5) is 12.7. The number of rotatable bonds is 5. The smallest absolute Gasteiger partial charge is 0.231 e. The van der Waals surface area contributed by atoms with Crippen LogP contribution in [0.1, 0.15) is 32.6 Å². The highest BCUT2D eigenvalue weighted by atomic mass is 16.5. The molecule has 3 aromatic carbocycles. The van der Waals surface area contributed by atoms with Gasteiger partial charge >= 0.3 is 0 Å². The molecule has 0 unspecified atom stereocenters. The first kappa shape index (κ1) is 18.8. The van der Waals surface area contributed by atoms with E-state index < -0.39 is 0 Å². The Morgan fingerprint density at radius 1 is 0.897 bits per heavy atom. The summed E-state index contributed by atoms with van der Waals surface area (Å²) in [6, 6.07) is 21.7. The van der Waals surface area contributed by atoms with E-state index in [1.54, 1.807) is 12.1 Å². The Bertz CT molecular complexity index is 1090. The van der Waals surface area contributed by atoms with Crippen LogP contribution in [0.4, 0.5) is 0 Å². The van der Waals surface area contributed by atoms with Crippen LogP contribution in [-0.2, 0) is 0 Å². The minimum absolute atomic E-state index is 0.0980. The molecular formula is C26H22O3. The van der Waals surface area contributed by atoms with Gasteiger partial charge in [-0.3, -0.25) is 4.79 Å². The number of fused-ring (bicyclic) bond motifs is 1. The van der Waals surface area contributed by atoms with Gasteiger partial charge in [-0.1, -0.05) is 66.2 Å². The molecule has 4 rings (SSSR count). The average molecular weight is 382 g/mol. The molecule has 0 radical (unpaired) electrons. The van der Waals surface area contributed by atoms with E-state index in [2.05, 4.69) is 0 Å². The minimum Gasteiger partial charge on any atom is -0.489 e. The first-order valence-corrected chi connectivity index (χ1v) is 9.61. The molecule has 1 heterocycles. The van der Waals surface area contributed by atoms with E-state index in [-0.39, 0.29) is 5.78 Å². The van der Waals surface area contributed by atoms with E-state index in [9.17, 15) is 4.79 Å². The number of benzene rings is 3. The molecule has 0 atom stereocenters. The van der Waals surface area contributed by atoms with E-state index in [1.165, 1.54) is 5.56 Å². The van der Waals surface area contributed by atoms with Crippen molar-refractivity contribution in [3.05, 3.63) is 106 Å². The second-order valence-electron chi connectivity index (χ2n) is 7.04. The molecule has 0 amide bonds. The Morgan fingerprint density at radius 2 is 1.66 bits per heavy atom. The first-order chi connectivity index (χ1) is 14.1. The van der Waals surface area contributed by atoms with Crippen LogP contribution in [0.15, 0.2) is 78.6 Å². The summed E-state index contributed by atoms with van der Waals surface area (Å²) in [6.07, 6.45) is 5.77. The van der Waals surface area contributed by atoms with Crippen LogP contribution in [0.3, 0.4) is 0 Å². The van der Waals surface area contributed by atoms with E-state index in [4.69, 9.17) is 9.47 Å². The SMILES string of the molecule is Cc1ccc(/C=C2\Oc3c(ccc(OC/C=C/c4ccccc4)c3C)C2=O)cc1. The van der Waals surface area contributed by atoms with Gasteiger partial charge in [0.1, 0.15) is 18.1 Å². The molecule has 3 heteroatoms. The van der Waals surface area contributed by atoms with Gasteiger partial charge in [0.25, 0.3) is 0 Å². The van der Waals surface area contributed by atoms with Crippen molar-refractivity contribution in [1.29, 1.82) is 0 Å². The number of allylic oxidation sites excluding steroid dienone is 1. The Balaban J connectivity index is 1.49. The van der Waals surface area contributed by atoms with Crippen LogP contribution in [-0.4, -0.2) is 12.4 Å². The first-order valence-electron chi connectivity index (χ1n) is 9.61. The lowest BCUT2D eigenvalue weighted by molar-refractivity contribution is 0.101. The van der Waals surface area contributed by atoms with Gasteiger partial charge in [-0.2, -0.15) is 0 Å². The summed E-state index contributed by atoms with van der Waals surface area (Å²) >= 11 is 0. The minimum atomic E-state index is -0.0980. The number of carbonyl (C=O) groups excluding carboxylic acids is 1. The molecule has 1 aliphatic rings. The van der Waals surface area contributed by atoms with Gasteiger partial charge in [0, 0.05) is 5.56 Å². The fourth-order valence-corrected chi connectivity index (χ4v) is 3.22. The zero-order valence-electron chi connectivity index (χ0n) is 16.5. The van der Waals surface area contributed by atoms with Gasteiger partial charge in [0.15, 0.2) is 5.76 Å². The Labute approximate surface area is 170 Å². The number of aryl methyl sites for hydroxylation is 1. The molecule has 0 aliphatic carbocycles. The van der Waals surface area contributed by atoms with E-state index in [1.807, 2.05) is 86.7 Å². The number of hydrogen-bond acceptors (Lipinski definition) is 3. The standard InChI is InChI=1S/C26H22O3/c1-18-10-12-21(13-11-18)17-24-25(27)22-14-15-23(19(2)26(22)29-24)28-16-6-9-20-7-4-3-5-8-20/h3-15,17H,16H2,1-2H3/b9-6+,24-17-. The fourth-order valence-electron chi connectivity index (χ4n) is 3.22. The zero-order chi connectivity index (χ0) is 20.2. The van der Waals surface area contributed by atoms with Crippen LogP contribution < -0.4 is 9.47 Å². The van der Waals surface area contributed by atoms with Crippen molar-refractivity contribution in [2.75, 3.05) is 6.61 Å². The molecule has 0 fully saturated rings. The van der Waals surface area contributed by atoms with Crippen molar-refractivity contribution >= 4 is 17.9 Å². The van der Waals surface area contributed by atoms with Crippen molar-refractivity contribution in [2.45, 2.75) is 13.8 Å². The van der Waals surface area contributed by atoms with Crippen LogP contribution in [0.25, 0.3) is 12.2 Å². The number of Topliss-reactive ketones (excluding diaryl/α,β-unsaturated/α-hetero) is 1. The van der Waals surface area contributed by atoms with Crippen molar-refractivity contribution in [3.8, 4) is 11.5 Å². The molecular weight excluding hydrogens is 360 g/mol. The third-order valence-corrected chi connectivity index (χ3v) is 4.86. The molecule has 0 spiro atoms. The topological polar surface area (TPSA) is 35.5 Å². The third kappa shape index (κ3) is 4.14. The Hall–Kier alpha value is -3.59. The lowest BCUT2D eigenvalue weighted by atomic mass is 10.1. The van der Waals surface area contributed by atoms with E-state index >= 15 is 0 Å². The molecule has 0 bridgehead atoms. The maximum Gasteiger partial charge on any atom is 0.231 e. The lowest BCUT2D eigenvalue weighted by Crippen LogP contribution is -1.98. The Kier molecular flexibility index (Phi) is 5.30.